The van der Waals surface area contributed by atoms with Gasteiger partial charge in [-0.3, -0.25) is 30.6 Å². The van der Waals surface area contributed by atoms with Crippen LogP contribution in [0.1, 0.15) is 62.2 Å². The number of anilines is 1. The number of carbonyl (C=O) groups excluding carboxylic acids is 2. The number of nitrogens with one attached hydrogen (secondary N) is 2. The van der Waals surface area contributed by atoms with Crippen molar-refractivity contribution in [3.05, 3.63) is 33.9 Å². The summed E-state index contributed by atoms with van der Waals surface area (Å²) in [6, 6.07) is 4.34. The Balaban J connectivity index is 1.73. The maximum Gasteiger partial charge on any atom is 0.272 e. The highest BCUT2D eigenvalue weighted by Crippen LogP contribution is 2.29. The fraction of sp³-hybridized carbons (Fsp3) is 0.600. The highest BCUT2D eigenvalue weighted by atomic mass is 16.6. The molecule has 0 bridgehead atoms. The Hall–Kier alpha value is -2.64. The number of non-ortho nitro benzene ring substituents is 1. The van der Waals surface area contributed by atoms with Crippen molar-refractivity contribution < 1.29 is 14.5 Å². The molecule has 1 aromatic rings. The minimum Gasteiger partial charge on any atom is -0.371 e. The molecule has 0 unspecified atom stereocenters. The Morgan fingerprint density at radius 1 is 1.07 bits per heavy atom. The van der Waals surface area contributed by atoms with Crippen molar-refractivity contribution in [1.29, 1.82) is 0 Å². The number of hydrogen-bond donors (Lipinski definition) is 2. The second kappa shape index (κ2) is 9.03. The van der Waals surface area contributed by atoms with E-state index in [-0.39, 0.29) is 23.1 Å². The van der Waals surface area contributed by atoms with Crippen molar-refractivity contribution >= 4 is 23.2 Å². The molecule has 0 atom stereocenters. The molecule has 0 spiro atoms. The molecule has 0 aromatic heterocycles. The van der Waals surface area contributed by atoms with Crippen LogP contribution in [0.4, 0.5) is 11.4 Å². The summed E-state index contributed by atoms with van der Waals surface area (Å²) in [7, 11) is 0. The van der Waals surface area contributed by atoms with Crippen molar-refractivity contribution in [1.82, 2.24) is 10.9 Å². The first-order valence-corrected chi connectivity index (χ1v) is 10.1. The van der Waals surface area contributed by atoms with Gasteiger partial charge >= 0.3 is 0 Å². The lowest BCUT2D eigenvalue weighted by atomic mass is 9.89. The number of nitrogens with zero attached hydrogens (tertiary/aromatic N) is 2. The van der Waals surface area contributed by atoms with E-state index in [1.54, 1.807) is 6.07 Å². The lowest BCUT2D eigenvalue weighted by molar-refractivity contribution is -0.384. The van der Waals surface area contributed by atoms with Gasteiger partial charge in [-0.25, -0.2) is 0 Å². The lowest BCUT2D eigenvalue weighted by Gasteiger charge is -2.33. The molecule has 8 nitrogen and oxygen atoms in total. The van der Waals surface area contributed by atoms with Crippen molar-refractivity contribution in [3.8, 4) is 0 Å². The van der Waals surface area contributed by atoms with E-state index in [2.05, 4.69) is 22.7 Å². The van der Waals surface area contributed by atoms with E-state index in [4.69, 9.17) is 0 Å². The molecule has 1 saturated heterocycles. The van der Waals surface area contributed by atoms with Crippen molar-refractivity contribution in [2.24, 2.45) is 11.8 Å². The van der Waals surface area contributed by atoms with Crippen molar-refractivity contribution in [2.75, 3.05) is 18.0 Å². The van der Waals surface area contributed by atoms with Crippen LogP contribution in [0.15, 0.2) is 18.2 Å². The molecule has 2 aliphatic rings. The Kier molecular flexibility index (Phi) is 6.49. The molecule has 1 aliphatic carbocycles. The average molecular weight is 388 g/mol. The van der Waals surface area contributed by atoms with Crippen LogP contribution >= 0.6 is 0 Å². The summed E-state index contributed by atoms with van der Waals surface area (Å²) in [4.78, 5) is 37.8. The molecule has 1 saturated carbocycles. The average Bonchev–Trinajstić information content (AvgIpc) is 2.72. The molecule has 1 aliphatic heterocycles. The standard InChI is InChI=1S/C20H28N4O4/c1-14-9-11-23(12-10-14)18-8-7-16(24(27)28)13-17(18)20(26)22-21-19(25)15-5-3-2-4-6-15/h7-8,13-15H,2-6,9-12H2,1H3,(H,21,25)(H,22,26). The smallest absolute Gasteiger partial charge is 0.272 e. The molecule has 2 N–H and O–H groups in total. The molecule has 0 radical (unpaired) electrons. The summed E-state index contributed by atoms with van der Waals surface area (Å²) >= 11 is 0. The zero-order valence-corrected chi connectivity index (χ0v) is 16.3. The van der Waals surface area contributed by atoms with Crippen LogP contribution < -0.4 is 15.8 Å². The first-order chi connectivity index (χ1) is 13.5. The predicted octanol–water partition coefficient (Wildman–Crippen LogP) is 3.17. The largest absolute Gasteiger partial charge is 0.371 e. The summed E-state index contributed by atoms with van der Waals surface area (Å²) < 4.78 is 0. The van der Waals surface area contributed by atoms with Crippen LogP contribution in [-0.4, -0.2) is 29.8 Å². The molecule has 2 fully saturated rings. The number of hydrogen-bond acceptors (Lipinski definition) is 5. The first kappa shape index (κ1) is 20.1. The Bertz CT molecular complexity index is 738. The summed E-state index contributed by atoms with van der Waals surface area (Å²) in [5.74, 6) is -0.170. The highest BCUT2D eigenvalue weighted by molar-refractivity contribution is 6.01. The molecule has 2 amide bonds. The van der Waals surface area contributed by atoms with Crippen LogP contribution in [0.2, 0.25) is 0 Å². The summed E-state index contributed by atoms with van der Waals surface area (Å²) in [6.45, 7) is 3.79. The molecular formula is C20H28N4O4. The molecular weight excluding hydrogens is 360 g/mol. The maximum atomic E-state index is 12.8. The van der Waals surface area contributed by atoms with Gasteiger partial charge in [-0.1, -0.05) is 26.2 Å². The summed E-state index contributed by atoms with van der Waals surface area (Å²) in [5.41, 5.74) is 5.72. The van der Waals surface area contributed by atoms with Crippen LogP contribution in [0.25, 0.3) is 0 Å². The van der Waals surface area contributed by atoms with Gasteiger partial charge < -0.3 is 4.90 Å². The number of amides is 2. The minimum atomic E-state index is -0.526. The molecule has 28 heavy (non-hydrogen) atoms. The van der Waals surface area contributed by atoms with E-state index in [9.17, 15) is 19.7 Å². The highest BCUT2D eigenvalue weighted by Gasteiger charge is 2.25. The maximum absolute atomic E-state index is 12.8. The Morgan fingerprint density at radius 3 is 2.39 bits per heavy atom. The third-order valence-electron chi connectivity index (χ3n) is 5.84. The van der Waals surface area contributed by atoms with Gasteiger partial charge in [-0.15, -0.1) is 0 Å². The third kappa shape index (κ3) is 4.79. The van der Waals surface area contributed by atoms with Gasteiger partial charge in [-0.05, 0) is 37.7 Å². The quantitative estimate of drug-likeness (QED) is 0.609. The lowest BCUT2D eigenvalue weighted by Crippen LogP contribution is -2.45. The first-order valence-electron chi connectivity index (χ1n) is 10.1. The predicted molar refractivity (Wildman–Crippen MR) is 106 cm³/mol. The Morgan fingerprint density at radius 2 is 1.75 bits per heavy atom. The second-order valence-electron chi connectivity index (χ2n) is 7.91. The number of nitro groups is 1. The van der Waals surface area contributed by atoms with E-state index < -0.39 is 10.8 Å². The zero-order valence-electron chi connectivity index (χ0n) is 16.3. The van der Waals surface area contributed by atoms with Crippen LogP contribution in [0.3, 0.4) is 0 Å². The number of carbonyl (C=O) groups is 2. The second-order valence-corrected chi connectivity index (χ2v) is 7.91. The van der Waals surface area contributed by atoms with E-state index in [1.165, 1.54) is 12.1 Å². The van der Waals surface area contributed by atoms with E-state index in [0.717, 1.165) is 58.0 Å². The summed E-state index contributed by atoms with van der Waals surface area (Å²) in [5, 5.41) is 11.2. The normalized spacial score (nSPS) is 18.5. The van der Waals surface area contributed by atoms with Gasteiger partial charge in [0.15, 0.2) is 0 Å². The molecule has 152 valence electrons. The number of nitro benzene ring substituents is 1. The summed E-state index contributed by atoms with van der Waals surface area (Å²) in [6.07, 6.45) is 6.86. The van der Waals surface area contributed by atoms with E-state index in [1.807, 2.05) is 0 Å². The van der Waals surface area contributed by atoms with Crippen LogP contribution in [0, 0.1) is 22.0 Å². The topological polar surface area (TPSA) is 105 Å². The van der Waals surface area contributed by atoms with Gasteiger partial charge in [0.05, 0.1) is 16.2 Å². The minimum absolute atomic E-state index is 0.0813. The van der Waals surface area contributed by atoms with Crippen molar-refractivity contribution in [2.45, 2.75) is 51.9 Å². The Labute approximate surface area is 164 Å². The molecule has 1 heterocycles. The molecule has 1 aromatic carbocycles. The van der Waals surface area contributed by atoms with Gasteiger partial charge in [0.25, 0.3) is 11.6 Å². The fourth-order valence-corrected chi connectivity index (χ4v) is 4.00. The van der Waals surface area contributed by atoms with Crippen molar-refractivity contribution in [3.63, 3.8) is 0 Å². The van der Waals surface area contributed by atoms with E-state index in [0.29, 0.717) is 11.6 Å². The van der Waals surface area contributed by atoms with Crippen LogP contribution in [0.5, 0.6) is 0 Å². The van der Waals surface area contributed by atoms with Gasteiger partial charge in [0.2, 0.25) is 5.91 Å². The number of benzene rings is 1. The number of hydrazine groups is 1. The third-order valence-corrected chi connectivity index (χ3v) is 5.84. The van der Waals surface area contributed by atoms with Crippen LogP contribution in [-0.2, 0) is 4.79 Å². The number of rotatable bonds is 4. The van der Waals surface area contributed by atoms with E-state index >= 15 is 0 Å². The SMILES string of the molecule is CC1CCN(c2ccc([N+](=O)[O-])cc2C(=O)NNC(=O)C2CCCCC2)CC1. The number of piperidine rings is 1. The van der Waals surface area contributed by atoms with Gasteiger partial charge in [0, 0.05) is 31.1 Å². The van der Waals surface area contributed by atoms with Gasteiger partial charge in [0.1, 0.15) is 0 Å². The zero-order chi connectivity index (χ0) is 20.1. The monoisotopic (exact) mass is 388 g/mol. The fourth-order valence-electron chi connectivity index (χ4n) is 4.00. The molecule has 8 heteroatoms. The molecule has 3 rings (SSSR count). The van der Waals surface area contributed by atoms with Gasteiger partial charge in [-0.2, -0.15) is 0 Å².